The number of anilines is 1. The van der Waals surface area contributed by atoms with Crippen molar-refractivity contribution in [1.29, 1.82) is 5.26 Å². The fourth-order valence-electron chi connectivity index (χ4n) is 2.45. The standard InChI is InChI=1S/C17H9ClN2O3/c18-12-3-1-2-10(6-12)7-14-13-5-4-11(9-19)8-15(13)20(16(14)21)17(22)23/h1-8H,(H,22,23). The number of nitriles is 1. The molecule has 0 bridgehead atoms. The average molecular weight is 325 g/mol. The van der Waals surface area contributed by atoms with Crippen LogP contribution in [0, 0.1) is 11.3 Å². The minimum atomic E-state index is -1.39. The van der Waals surface area contributed by atoms with E-state index in [9.17, 15) is 14.7 Å². The van der Waals surface area contributed by atoms with Crippen LogP contribution in [0.1, 0.15) is 16.7 Å². The lowest BCUT2D eigenvalue weighted by Crippen LogP contribution is -2.31. The van der Waals surface area contributed by atoms with Gasteiger partial charge in [-0.25, -0.2) is 9.69 Å². The van der Waals surface area contributed by atoms with E-state index in [-0.39, 0.29) is 16.8 Å². The Hall–Kier alpha value is -3.10. The zero-order valence-corrected chi connectivity index (χ0v) is 12.4. The molecular weight excluding hydrogens is 316 g/mol. The van der Waals surface area contributed by atoms with Crippen LogP contribution in [-0.4, -0.2) is 17.1 Å². The quantitative estimate of drug-likeness (QED) is 0.809. The molecule has 0 saturated heterocycles. The summed E-state index contributed by atoms with van der Waals surface area (Å²) in [5.74, 6) is -0.650. The lowest BCUT2D eigenvalue weighted by molar-refractivity contribution is -0.112. The topological polar surface area (TPSA) is 81.4 Å². The minimum absolute atomic E-state index is 0.190. The van der Waals surface area contributed by atoms with Crippen LogP contribution in [0.25, 0.3) is 11.6 Å². The Morgan fingerprint density at radius 1 is 1.26 bits per heavy atom. The van der Waals surface area contributed by atoms with Gasteiger partial charge in [0.05, 0.1) is 22.9 Å². The van der Waals surface area contributed by atoms with Crippen molar-refractivity contribution in [3.63, 3.8) is 0 Å². The van der Waals surface area contributed by atoms with Gasteiger partial charge < -0.3 is 5.11 Å². The zero-order valence-electron chi connectivity index (χ0n) is 11.7. The third-order valence-electron chi connectivity index (χ3n) is 3.44. The predicted molar refractivity (Wildman–Crippen MR) is 86.0 cm³/mol. The van der Waals surface area contributed by atoms with E-state index in [0.29, 0.717) is 21.0 Å². The summed E-state index contributed by atoms with van der Waals surface area (Å²) in [4.78, 5) is 24.5. The van der Waals surface area contributed by atoms with Gasteiger partial charge in [0.1, 0.15) is 0 Å². The summed E-state index contributed by atoms with van der Waals surface area (Å²) >= 11 is 5.93. The van der Waals surface area contributed by atoms with Crippen LogP contribution in [0.3, 0.4) is 0 Å². The Morgan fingerprint density at radius 3 is 2.70 bits per heavy atom. The van der Waals surface area contributed by atoms with Crippen molar-refractivity contribution in [3.8, 4) is 6.07 Å². The van der Waals surface area contributed by atoms with Gasteiger partial charge in [0.25, 0.3) is 5.91 Å². The number of hydrogen-bond acceptors (Lipinski definition) is 3. The number of amides is 2. The number of imide groups is 1. The highest BCUT2D eigenvalue weighted by Gasteiger charge is 2.36. The van der Waals surface area contributed by atoms with Crippen LogP contribution >= 0.6 is 11.6 Å². The monoisotopic (exact) mass is 324 g/mol. The summed E-state index contributed by atoms with van der Waals surface area (Å²) in [6.07, 6.45) is 0.197. The van der Waals surface area contributed by atoms with E-state index in [4.69, 9.17) is 16.9 Å². The highest BCUT2D eigenvalue weighted by atomic mass is 35.5. The third kappa shape index (κ3) is 2.56. The average Bonchev–Trinajstić information content (AvgIpc) is 2.79. The number of rotatable bonds is 1. The number of carbonyl (C=O) groups excluding carboxylic acids is 1. The predicted octanol–water partition coefficient (Wildman–Crippen LogP) is 3.78. The maximum Gasteiger partial charge on any atom is 0.419 e. The normalized spacial score (nSPS) is 14.7. The Labute approximate surface area is 136 Å². The van der Waals surface area contributed by atoms with Crippen molar-refractivity contribution in [2.24, 2.45) is 0 Å². The van der Waals surface area contributed by atoms with E-state index < -0.39 is 12.0 Å². The molecule has 1 N–H and O–H groups in total. The van der Waals surface area contributed by atoms with E-state index in [0.717, 1.165) is 0 Å². The number of halogens is 1. The molecule has 23 heavy (non-hydrogen) atoms. The lowest BCUT2D eigenvalue weighted by Gasteiger charge is -2.09. The molecule has 5 nitrogen and oxygen atoms in total. The number of nitrogens with zero attached hydrogens (tertiary/aromatic N) is 2. The second kappa shape index (κ2) is 5.59. The van der Waals surface area contributed by atoms with Gasteiger partial charge in [-0.1, -0.05) is 29.8 Å². The summed E-state index contributed by atoms with van der Waals surface area (Å²) in [6, 6.07) is 13.3. The molecule has 1 heterocycles. The van der Waals surface area contributed by atoms with Gasteiger partial charge in [-0.05, 0) is 35.9 Å². The largest absolute Gasteiger partial charge is 0.464 e. The molecule has 0 atom stereocenters. The van der Waals surface area contributed by atoms with Gasteiger partial charge in [0, 0.05) is 10.6 Å². The number of fused-ring (bicyclic) bond motifs is 1. The fourth-order valence-corrected chi connectivity index (χ4v) is 2.65. The van der Waals surface area contributed by atoms with Crippen molar-refractivity contribution in [2.75, 3.05) is 4.90 Å². The van der Waals surface area contributed by atoms with E-state index in [2.05, 4.69) is 0 Å². The van der Waals surface area contributed by atoms with Crippen LogP contribution in [-0.2, 0) is 4.79 Å². The van der Waals surface area contributed by atoms with Gasteiger partial charge in [-0.2, -0.15) is 5.26 Å². The molecule has 0 spiro atoms. The molecule has 1 aliphatic rings. The molecule has 0 radical (unpaired) electrons. The molecule has 0 unspecified atom stereocenters. The highest BCUT2D eigenvalue weighted by molar-refractivity contribution is 6.41. The first-order valence-corrected chi connectivity index (χ1v) is 6.98. The molecule has 0 saturated carbocycles. The van der Waals surface area contributed by atoms with E-state index in [1.54, 1.807) is 42.5 Å². The van der Waals surface area contributed by atoms with Gasteiger partial charge in [-0.3, -0.25) is 4.79 Å². The maximum absolute atomic E-state index is 12.5. The number of hydrogen-bond donors (Lipinski definition) is 1. The second-order valence-corrected chi connectivity index (χ2v) is 5.32. The van der Waals surface area contributed by atoms with E-state index >= 15 is 0 Å². The number of carbonyl (C=O) groups is 2. The second-order valence-electron chi connectivity index (χ2n) is 4.88. The molecule has 2 aromatic rings. The Bertz CT molecular complexity index is 912. The summed E-state index contributed by atoms with van der Waals surface area (Å²) in [5.41, 5.74) is 1.87. The van der Waals surface area contributed by atoms with Gasteiger partial charge >= 0.3 is 6.09 Å². The fraction of sp³-hybridized carbons (Fsp3) is 0. The van der Waals surface area contributed by atoms with Crippen LogP contribution in [0.4, 0.5) is 10.5 Å². The number of carboxylic acid groups (broad SMARTS) is 1. The first-order chi connectivity index (χ1) is 11.0. The van der Waals surface area contributed by atoms with Crippen LogP contribution in [0.5, 0.6) is 0 Å². The van der Waals surface area contributed by atoms with E-state index in [1.165, 1.54) is 6.07 Å². The summed E-state index contributed by atoms with van der Waals surface area (Å²) in [7, 11) is 0. The first-order valence-electron chi connectivity index (χ1n) is 6.60. The summed E-state index contributed by atoms with van der Waals surface area (Å²) in [6.45, 7) is 0. The number of benzene rings is 2. The molecule has 2 aromatic carbocycles. The Morgan fingerprint density at radius 2 is 2.04 bits per heavy atom. The molecule has 0 aliphatic carbocycles. The molecule has 6 heteroatoms. The SMILES string of the molecule is N#Cc1ccc2c(c1)N(C(=O)O)C(=O)C2=Cc1cccc(Cl)c1. The molecule has 2 amide bonds. The smallest absolute Gasteiger partial charge is 0.419 e. The van der Waals surface area contributed by atoms with Crippen LogP contribution in [0.2, 0.25) is 5.02 Å². The van der Waals surface area contributed by atoms with Gasteiger partial charge in [0.15, 0.2) is 0 Å². The van der Waals surface area contributed by atoms with Crippen molar-refractivity contribution in [3.05, 3.63) is 64.2 Å². The molecular formula is C17H9ClN2O3. The van der Waals surface area contributed by atoms with Crippen molar-refractivity contribution in [1.82, 2.24) is 0 Å². The Balaban J connectivity index is 2.19. The molecule has 1 aliphatic heterocycles. The molecule has 0 aromatic heterocycles. The maximum atomic E-state index is 12.5. The summed E-state index contributed by atoms with van der Waals surface area (Å²) in [5, 5.41) is 18.8. The van der Waals surface area contributed by atoms with Crippen LogP contribution in [0.15, 0.2) is 42.5 Å². The zero-order chi connectivity index (χ0) is 16.6. The van der Waals surface area contributed by atoms with Gasteiger partial charge in [-0.15, -0.1) is 0 Å². The molecule has 112 valence electrons. The summed E-state index contributed by atoms with van der Waals surface area (Å²) < 4.78 is 0. The lowest BCUT2D eigenvalue weighted by atomic mass is 10.0. The van der Waals surface area contributed by atoms with Crippen LogP contribution < -0.4 is 4.90 Å². The molecule has 0 fully saturated rings. The highest BCUT2D eigenvalue weighted by Crippen LogP contribution is 2.38. The molecule has 3 rings (SSSR count). The Kier molecular flexibility index (Phi) is 3.61. The van der Waals surface area contributed by atoms with E-state index in [1.807, 2.05) is 6.07 Å². The first kappa shape index (κ1) is 14.8. The van der Waals surface area contributed by atoms with Gasteiger partial charge in [0.2, 0.25) is 0 Å². The van der Waals surface area contributed by atoms with Crippen molar-refractivity contribution < 1.29 is 14.7 Å². The minimum Gasteiger partial charge on any atom is -0.464 e. The van der Waals surface area contributed by atoms with Crippen molar-refractivity contribution >= 4 is 40.9 Å². The van der Waals surface area contributed by atoms with Crippen molar-refractivity contribution in [2.45, 2.75) is 0 Å². The third-order valence-corrected chi connectivity index (χ3v) is 3.68.